The Kier molecular flexibility index (Phi) is 4.15. The molecule has 0 unspecified atom stereocenters. The van der Waals surface area contributed by atoms with Gasteiger partial charge in [0.1, 0.15) is 11.7 Å². The summed E-state index contributed by atoms with van der Waals surface area (Å²) in [6, 6.07) is 0. The van der Waals surface area contributed by atoms with Crippen LogP contribution in [0.3, 0.4) is 0 Å². The van der Waals surface area contributed by atoms with E-state index < -0.39 is 35.5 Å². The van der Waals surface area contributed by atoms with Crippen LogP contribution in [-0.4, -0.2) is 52.2 Å². The number of allylic oxidation sites excluding steroid dienone is 1. The molecule has 0 aliphatic carbocycles. The number of hydrogen-bond acceptors (Lipinski definition) is 5. The van der Waals surface area contributed by atoms with E-state index in [2.05, 4.69) is 4.99 Å². The molecule has 4 N–H and O–H groups in total. The van der Waals surface area contributed by atoms with Crippen molar-refractivity contribution < 1.29 is 24.5 Å². The molecule has 1 fully saturated rings. The highest BCUT2D eigenvalue weighted by atomic mass is 16.5. The number of carboxylic acids is 1. The monoisotopic (exact) mass is 311 g/mol. The molecule has 0 spiro atoms. The second-order valence-corrected chi connectivity index (χ2v) is 6.16. The van der Waals surface area contributed by atoms with E-state index in [-0.39, 0.29) is 11.5 Å². The van der Waals surface area contributed by atoms with E-state index in [0.717, 1.165) is 4.90 Å². The Morgan fingerprint density at radius 2 is 2.23 bits per heavy atom. The quantitative estimate of drug-likeness (QED) is 0.357. The number of aliphatic hydroxyl groups is 1. The summed E-state index contributed by atoms with van der Waals surface area (Å²) in [6.45, 7) is 5.56. The third-order valence-electron chi connectivity index (χ3n) is 4.09. The zero-order valence-electron chi connectivity index (χ0n) is 12.8. The lowest BCUT2D eigenvalue weighted by molar-refractivity contribution is -0.183. The van der Waals surface area contributed by atoms with Gasteiger partial charge in [0.25, 0.3) is 0 Å². The Labute approximate surface area is 128 Å². The lowest BCUT2D eigenvalue weighted by Gasteiger charge is -2.42. The number of rotatable bonds is 6. The molecule has 2 aliphatic rings. The second-order valence-electron chi connectivity index (χ2n) is 6.16. The molecule has 8 nitrogen and oxygen atoms in total. The first kappa shape index (κ1) is 16.3. The summed E-state index contributed by atoms with van der Waals surface area (Å²) >= 11 is 0. The molecule has 1 saturated heterocycles. The molecule has 2 rings (SSSR count). The van der Waals surface area contributed by atoms with Gasteiger partial charge in [-0.05, 0) is 13.3 Å². The van der Waals surface area contributed by atoms with Crippen LogP contribution in [0.15, 0.2) is 16.4 Å². The summed E-state index contributed by atoms with van der Waals surface area (Å²) in [4.78, 5) is 28.7. The van der Waals surface area contributed by atoms with E-state index in [1.54, 1.807) is 0 Å². The number of carbonyl (C=O) groups excluding carboxylic acids is 1. The highest BCUT2D eigenvalue weighted by Crippen LogP contribution is 2.47. The van der Waals surface area contributed by atoms with Crippen molar-refractivity contribution in [1.82, 2.24) is 4.90 Å². The van der Waals surface area contributed by atoms with Crippen LogP contribution < -0.4 is 5.73 Å². The van der Waals surface area contributed by atoms with Gasteiger partial charge in [0.2, 0.25) is 5.91 Å². The number of β-lactam (4-membered cyclic amide) rings is 1. The Hall–Kier alpha value is -2.09. The van der Waals surface area contributed by atoms with Gasteiger partial charge in [0, 0.05) is 12.0 Å². The molecule has 2 aliphatic heterocycles. The number of aliphatic imine (C=N–C) groups is 1. The molecule has 0 radical (unpaired) electrons. The molecule has 8 heteroatoms. The fourth-order valence-electron chi connectivity index (χ4n) is 2.79. The third-order valence-corrected chi connectivity index (χ3v) is 4.09. The maximum absolute atomic E-state index is 12.1. The summed E-state index contributed by atoms with van der Waals surface area (Å²) in [5.74, 6) is -2.13. The molecule has 0 saturated carbocycles. The molecular weight excluding hydrogens is 290 g/mol. The number of nitrogens with zero attached hydrogens (tertiary/aromatic N) is 2. The van der Waals surface area contributed by atoms with Crippen LogP contribution in [-0.2, 0) is 14.3 Å². The number of hydrogen-bond donors (Lipinski definition) is 3. The molecule has 22 heavy (non-hydrogen) atoms. The predicted molar refractivity (Wildman–Crippen MR) is 77.5 cm³/mol. The van der Waals surface area contributed by atoms with Crippen LogP contribution in [0, 0.1) is 11.3 Å². The average molecular weight is 311 g/mol. The highest BCUT2D eigenvalue weighted by Gasteiger charge is 2.60. The molecular formula is C14H21N3O5. The summed E-state index contributed by atoms with van der Waals surface area (Å²) in [5.41, 5.74) is 4.43. The second kappa shape index (κ2) is 5.60. The lowest BCUT2D eigenvalue weighted by atomic mass is 9.85. The van der Waals surface area contributed by atoms with Crippen LogP contribution >= 0.6 is 0 Å². The summed E-state index contributed by atoms with van der Waals surface area (Å²) in [5, 5.41) is 19.1. The van der Waals surface area contributed by atoms with Crippen LogP contribution in [0.1, 0.15) is 27.2 Å². The largest absolute Gasteiger partial charge is 0.476 e. The Morgan fingerprint density at radius 3 is 2.73 bits per heavy atom. The third kappa shape index (κ3) is 2.43. The lowest BCUT2D eigenvalue weighted by Crippen LogP contribution is -2.62. The zero-order chi connectivity index (χ0) is 16.7. The fourth-order valence-corrected chi connectivity index (χ4v) is 2.79. The van der Waals surface area contributed by atoms with Crippen LogP contribution in [0.2, 0.25) is 0 Å². The summed E-state index contributed by atoms with van der Waals surface area (Å²) in [6.07, 6.45) is 0.0677. The number of aliphatic carboxylic acids is 1. The van der Waals surface area contributed by atoms with E-state index in [1.165, 1.54) is 13.3 Å². The molecule has 122 valence electrons. The van der Waals surface area contributed by atoms with Gasteiger partial charge in [-0.1, -0.05) is 13.8 Å². The molecule has 3 atom stereocenters. The minimum Gasteiger partial charge on any atom is -0.476 e. The van der Waals surface area contributed by atoms with Crippen molar-refractivity contribution in [2.45, 2.75) is 39.5 Å². The number of nitrogens with two attached hydrogens (primary N) is 1. The Bertz CT molecular complexity index is 553. The van der Waals surface area contributed by atoms with Crippen molar-refractivity contribution >= 4 is 18.2 Å². The van der Waals surface area contributed by atoms with Gasteiger partial charge in [0.05, 0.1) is 12.4 Å². The normalized spacial score (nSPS) is 26.0. The smallest absolute Gasteiger partial charge is 0.356 e. The Balaban J connectivity index is 2.30. The van der Waals surface area contributed by atoms with Crippen molar-refractivity contribution in [2.75, 3.05) is 6.54 Å². The molecule has 0 aromatic heterocycles. The first-order valence-electron chi connectivity index (χ1n) is 7.08. The number of fused-ring (bicyclic) bond motifs is 1. The molecule has 1 amide bonds. The Morgan fingerprint density at radius 1 is 1.59 bits per heavy atom. The van der Waals surface area contributed by atoms with Gasteiger partial charge < -0.3 is 20.7 Å². The minimum atomic E-state index is -1.22. The topological polar surface area (TPSA) is 125 Å². The van der Waals surface area contributed by atoms with Crippen LogP contribution in [0.4, 0.5) is 0 Å². The first-order chi connectivity index (χ1) is 10.2. The maximum Gasteiger partial charge on any atom is 0.356 e. The van der Waals surface area contributed by atoms with Crippen molar-refractivity contribution in [3.05, 3.63) is 11.5 Å². The fraction of sp³-hybridized carbons (Fsp3) is 0.643. The minimum absolute atomic E-state index is 0.145. The SMILES string of the molecule is C[C@@H](O)[C@H]1C(=O)N2C(C(=O)O)=C(C(C)(C)CCN=CN)O[C@H]12. The van der Waals surface area contributed by atoms with Crippen molar-refractivity contribution in [2.24, 2.45) is 22.1 Å². The molecule has 0 aromatic rings. The van der Waals surface area contributed by atoms with Gasteiger partial charge in [-0.25, -0.2) is 4.79 Å². The molecule has 0 bridgehead atoms. The van der Waals surface area contributed by atoms with E-state index in [0.29, 0.717) is 13.0 Å². The van der Waals surface area contributed by atoms with Crippen molar-refractivity contribution in [1.29, 1.82) is 0 Å². The number of carbonyl (C=O) groups is 2. The van der Waals surface area contributed by atoms with Gasteiger partial charge in [0.15, 0.2) is 11.9 Å². The number of aliphatic hydroxyl groups excluding tert-OH is 1. The van der Waals surface area contributed by atoms with Gasteiger partial charge in [-0.15, -0.1) is 0 Å². The standard InChI is InChI=1S/C14H21N3O5/c1-7(18)8-11(19)17-9(13(20)21)10(22-12(8)17)14(2,3)4-5-16-6-15/h6-8,12,18H,4-5H2,1-3H3,(H2,15,16)(H,20,21)/t7-,8+,12-/m1/s1. The zero-order valence-corrected chi connectivity index (χ0v) is 12.8. The number of amides is 1. The summed E-state index contributed by atoms with van der Waals surface area (Å²) in [7, 11) is 0. The number of ether oxygens (including phenoxy) is 1. The van der Waals surface area contributed by atoms with Crippen molar-refractivity contribution in [3.63, 3.8) is 0 Å². The van der Waals surface area contributed by atoms with Crippen molar-refractivity contribution in [3.8, 4) is 0 Å². The van der Waals surface area contributed by atoms with Crippen LogP contribution in [0.25, 0.3) is 0 Å². The first-order valence-corrected chi connectivity index (χ1v) is 7.08. The molecule has 2 heterocycles. The van der Waals surface area contributed by atoms with Gasteiger partial charge >= 0.3 is 5.97 Å². The predicted octanol–water partition coefficient (Wildman–Crippen LogP) is -0.119. The maximum atomic E-state index is 12.1. The number of carboxylic acid groups (broad SMARTS) is 1. The molecule has 0 aromatic carbocycles. The van der Waals surface area contributed by atoms with E-state index >= 15 is 0 Å². The van der Waals surface area contributed by atoms with E-state index in [9.17, 15) is 19.8 Å². The highest BCUT2D eigenvalue weighted by molar-refractivity contribution is 5.98. The van der Waals surface area contributed by atoms with Crippen LogP contribution in [0.5, 0.6) is 0 Å². The van der Waals surface area contributed by atoms with E-state index in [1.807, 2.05) is 13.8 Å². The van der Waals surface area contributed by atoms with E-state index in [4.69, 9.17) is 10.5 Å². The summed E-state index contributed by atoms with van der Waals surface area (Å²) < 4.78 is 5.73. The average Bonchev–Trinajstić information content (AvgIpc) is 2.74. The van der Waals surface area contributed by atoms with Gasteiger partial charge in [-0.2, -0.15) is 0 Å². The van der Waals surface area contributed by atoms with Gasteiger partial charge in [-0.3, -0.25) is 14.7 Å².